The molecule has 0 saturated heterocycles. The van der Waals surface area contributed by atoms with E-state index in [4.69, 9.17) is 4.74 Å². The van der Waals surface area contributed by atoms with Crippen molar-refractivity contribution in [2.75, 3.05) is 18.0 Å². The second-order valence-electron chi connectivity index (χ2n) is 10.8. The molecule has 42 heavy (non-hydrogen) atoms. The van der Waals surface area contributed by atoms with Crippen molar-refractivity contribution < 1.29 is 22.7 Å². The lowest BCUT2D eigenvalue weighted by atomic mass is 10.1. The van der Waals surface area contributed by atoms with Crippen LogP contribution in [-0.4, -0.2) is 50.9 Å². The number of hydrogen-bond donors (Lipinski definition) is 1. The summed E-state index contributed by atoms with van der Waals surface area (Å²) < 4.78 is 34.6. The molecule has 224 valence electrons. The van der Waals surface area contributed by atoms with Crippen molar-refractivity contribution in [3.63, 3.8) is 0 Å². The average Bonchev–Trinajstić information content (AvgIpc) is 3.51. The van der Waals surface area contributed by atoms with Crippen LogP contribution in [0.2, 0.25) is 0 Å². The van der Waals surface area contributed by atoms with Gasteiger partial charge >= 0.3 is 0 Å². The van der Waals surface area contributed by atoms with Crippen LogP contribution in [0.1, 0.15) is 55.7 Å². The minimum Gasteiger partial charge on any atom is -0.497 e. The van der Waals surface area contributed by atoms with Crippen LogP contribution in [0.3, 0.4) is 0 Å². The fourth-order valence-corrected chi connectivity index (χ4v) is 6.95. The predicted octanol–water partition coefficient (Wildman–Crippen LogP) is 5.37. The first-order valence-corrected chi connectivity index (χ1v) is 16.0. The molecular formula is C33H41N3O5S. The summed E-state index contributed by atoms with van der Waals surface area (Å²) in [4.78, 5) is 29.5. The van der Waals surface area contributed by atoms with Crippen molar-refractivity contribution in [2.24, 2.45) is 0 Å². The lowest BCUT2D eigenvalue weighted by Crippen LogP contribution is -2.53. The zero-order valence-electron chi connectivity index (χ0n) is 24.9. The monoisotopic (exact) mass is 591 g/mol. The number of methoxy groups -OCH3 is 1. The van der Waals surface area contributed by atoms with Crippen molar-refractivity contribution in [3.8, 4) is 5.75 Å². The summed E-state index contributed by atoms with van der Waals surface area (Å²) in [6.45, 7) is 5.32. The van der Waals surface area contributed by atoms with E-state index in [1.807, 2.05) is 39.0 Å². The summed E-state index contributed by atoms with van der Waals surface area (Å²) in [7, 11) is -2.52. The van der Waals surface area contributed by atoms with Crippen LogP contribution >= 0.6 is 0 Å². The van der Waals surface area contributed by atoms with Gasteiger partial charge in [-0.2, -0.15) is 0 Å². The van der Waals surface area contributed by atoms with E-state index >= 15 is 0 Å². The van der Waals surface area contributed by atoms with E-state index in [0.717, 1.165) is 42.4 Å². The topological polar surface area (TPSA) is 96.0 Å². The molecular weight excluding hydrogens is 550 g/mol. The zero-order valence-corrected chi connectivity index (χ0v) is 25.7. The maximum atomic E-state index is 14.3. The highest BCUT2D eigenvalue weighted by molar-refractivity contribution is 7.92. The number of nitrogens with one attached hydrogen (secondary N) is 1. The van der Waals surface area contributed by atoms with Gasteiger partial charge in [0.25, 0.3) is 10.0 Å². The van der Waals surface area contributed by atoms with Crippen LogP contribution in [-0.2, 0) is 26.2 Å². The molecule has 0 aliphatic heterocycles. The van der Waals surface area contributed by atoms with E-state index in [0.29, 0.717) is 17.9 Å². The summed E-state index contributed by atoms with van der Waals surface area (Å²) in [6, 6.07) is 20.2. The molecule has 2 amide bonds. The number of carbonyl (C=O) groups is 2. The largest absolute Gasteiger partial charge is 0.497 e. The average molecular weight is 592 g/mol. The Bertz CT molecular complexity index is 1470. The van der Waals surface area contributed by atoms with Crippen molar-refractivity contribution in [2.45, 2.75) is 76.4 Å². The molecule has 0 bridgehead atoms. The SMILES string of the molecule is CC[C@@H](C(=O)NC1CCCC1)N(Cc1ccc(OC)cc1)C(=O)CN(c1cccc(C)c1C)S(=O)(=O)c1ccccc1. The van der Waals surface area contributed by atoms with Crippen molar-refractivity contribution in [3.05, 3.63) is 89.5 Å². The lowest BCUT2D eigenvalue weighted by Gasteiger charge is -2.34. The second-order valence-corrected chi connectivity index (χ2v) is 12.7. The highest BCUT2D eigenvalue weighted by atomic mass is 32.2. The van der Waals surface area contributed by atoms with Gasteiger partial charge in [-0.05, 0) is 80.1 Å². The first-order valence-electron chi connectivity index (χ1n) is 14.5. The Morgan fingerprint density at radius 3 is 2.24 bits per heavy atom. The molecule has 1 aliphatic rings. The van der Waals surface area contributed by atoms with Gasteiger partial charge in [-0.25, -0.2) is 8.42 Å². The van der Waals surface area contributed by atoms with Gasteiger partial charge in [0.15, 0.2) is 0 Å². The van der Waals surface area contributed by atoms with E-state index in [2.05, 4.69) is 5.32 Å². The standard InChI is InChI=1S/C33H41N3O5S/c1-5-30(33(38)34-27-13-9-10-14-27)35(22-26-18-20-28(41-4)21-19-26)32(37)23-36(31-17-11-12-24(2)25(31)3)42(39,40)29-15-7-6-8-16-29/h6-8,11-12,15-21,27,30H,5,9-10,13-14,22-23H2,1-4H3,(H,34,38)/t30-/m0/s1. The number of carbonyl (C=O) groups excluding carboxylic acids is 2. The Labute approximate surface area is 249 Å². The van der Waals surface area contributed by atoms with E-state index < -0.39 is 28.5 Å². The summed E-state index contributed by atoms with van der Waals surface area (Å²) in [6.07, 6.45) is 4.36. The molecule has 3 aromatic rings. The zero-order chi connectivity index (χ0) is 30.3. The first kappa shape index (κ1) is 31.1. The molecule has 1 fully saturated rings. The molecule has 0 aromatic heterocycles. The third-order valence-electron chi connectivity index (χ3n) is 8.05. The number of benzene rings is 3. The number of amides is 2. The third-order valence-corrected chi connectivity index (χ3v) is 9.83. The number of aryl methyl sites for hydroxylation is 1. The summed E-state index contributed by atoms with van der Waals surface area (Å²) in [5, 5.41) is 3.14. The number of hydrogen-bond acceptors (Lipinski definition) is 5. The maximum Gasteiger partial charge on any atom is 0.264 e. The van der Waals surface area contributed by atoms with Crippen LogP contribution in [0.5, 0.6) is 5.75 Å². The summed E-state index contributed by atoms with van der Waals surface area (Å²) in [5.74, 6) is 0.00723. The molecule has 1 aliphatic carbocycles. The molecule has 0 spiro atoms. The molecule has 1 atom stereocenters. The minimum atomic E-state index is -4.11. The van der Waals surface area contributed by atoms with Crippen LogP contribution in [0.25, 0.3) is 0 Å². The summed E-state index contributed by atoms with van der Waals surface area (Å²) >= 11 is 0. The van der Waals surface area contributed by atoms with Gasteiger partial charge in [0.05, 0.1) is 17.7 Å². The molecule has 1 N–H and O–H groups in total. The van der Waals surface area contributed by atoms with Gasteiger partial charge in [0.2, 0.25) is 11.8 Å². The summed E-state index contributed by atoms with van der Waals surface area (Å²) in [5.41, 5.74) is 2.91. The molecule has 1 saturated carbocycles. The van der Waals surface area contributed by atoms with Gasteiger partial charge in [-0.1, -0.05) is 62.2 Å². The van der Waals surface area contributed by atoms with Crippen LogP contribution < -0.4 is 14.4 Å². The quantitative estimate of drug-likeness (QED) is 0.305. The maximum absolute atomic E-state index is 14.3. The van der Waals surface area contributed by atoms with Crippen molar-refractivity contribution in [1.82, 2.24) is 10.2 Å². The van der Waals surface area contributed by atoms with Gasteiger partial charge in [-0.15, -0.1) is 0 Å². The predicted molar refractivity (Wildman–Crippen MR) is 165 cm³/mol. The highest BCUT2D eigenvalue weighted by Crippen LogP contribution is 2.29. The van der Waals surface area contributed by atoms with Gasteiger partial charge in [0.1, 0.15) is 18.3 Å². The van der Waals surface area contributed by atoms with Gasteiger partial charge in [-0.3, -0.25) is 13.9 Å². The molecule has 4 rings (SSSR count). The number of rotatable bonds is 12. The van der Waals surface area contributed by atoms with Gasteiger partial charge < -0.3 is 15.0 Å². The lowest BCUT2D eigenvalue weighted by molar-refractivity contribution is -0.140. The smallest absolute Gasteiger partial charge is 0.264 e. The van der Waals surface area contributed by atoms with E-state index in [1.54, 1.807) is 49.6 Å². The fourth-order valence-electron chi connectivity index (χ4n) is 5.45. The molecule has 0 radical (unpaired) electrons. The Morgan fingerprint density at radius 1 is 0.952 bits per heavy atom. The molecule has 9 heteroatoms. The van der Waals surface area contributed by atoms with E-state index in [1.165, 1.54) is 21.3 Å². The molecule has 3 aromatic carbocycles. The van der Waals surface area contributed by atoms with Gasteiger partial charge in [0, 0.05) is 12.6 Å². The number of ether oxygens (including phenoxy) is 1. The normalized spacial score (nSPS) is 14.3. The molecule has 0 unspecified atom stereocenters. The minimum absolute atomic E-state index is 0.0893. The van der Waals surface area contributed by atoms with E-state index in [-0.39, 0.29) is 23.4 Å². The van der Waals surface area contributed by atoms with Crippen LogP contribution in [0, 0.1) is 13.8 Å². The molecule has 8 nitrogen and oxygen atoms in total. The van der Waals surface area contributed by atoms with Crippen molar-refractivity contribution in [1.29, 1.82) is 0 Å². The highest BCUT2D eigenvalue weighted by Gasteiger charge is 2.35. The van der Waals surface area contributed by atoms with E-state index in [9.17, 15) is 18.0 Å². The second kappa shape index (κ2) is 13.9. The van der Waals surface area contributed by atoms with Crippen LogP contribution in [0.15, 0.2) is 77.7 Å². The third kappa shape index (κ3) is 7.13. The first-order chi connectivity index (χ1) is 20.1. The Morgan fingerprint density at radius 2 is 1.62 bits per heavy atom. The number of sulfonamides is 1. The Kier molecular flexibility index (Phi) is 10.3. The van der Waals surface area contributed by atoms with Crippen LogP contribution in [0.4, 0.5) is 5.69 Å². The Hall–Kier alpha value is -3.85. The van der Waals surface area contributed by atoms with Crippen molar-refractivity contribution >= 4 is 27.5 Å². The number of anilines is 1. The fraction of sp³-hybridized carbons (Fsp3) is 0.394. The number of nitrogens with zero attached hydrogens (tertiary/aromatic N) is 2. The Balaban J connectivity index is 1.73. The molecule has 0 heterocycles.